The summed E-state index contributed by atoms with van der Waals surface area (Å²) in [5, 5.41) is 5.29. The van der Waals surface area contributed by atoms with Gasteiger partial charge in [-0.05, 0) is 59.5 Å². The molecule has 31 heavy (non-hydrogen) atoms. The van der Waals surface area contributed by atoms with Gasteiger partial charge in [-0.25, -0.2) is 4.39 Å². The van der Waals surface area contributed by atoms with Crippen LogP contribution in [0.15, 0.2) is 66.7 Å². The number of carbonyl (C=O) groups is 2. The fourth-order valence-corrected chi connectivity index (χ4v) is 3.04. The van der Waals surface area contributed by atoms with Crippen LogP contribution in [0.2, 0.25) is 0 Å². The summed E-state index contributed by atoms with van der Waals surface area (Å²) in [6.45, 7) is 6.26. The SMILES string of the molecule is COc1ccc(NC(=O)c2c(F)cccc2NC(=O)c2ccc(C(C)(C)C)cc2)cc1. The van der Waals surface area contributed by atoms with Crippen molar-refractivity contribution in [3.8, 4) is 5.75 Å². The number of ether oxygens (including phenoxy) is 1. The van der Waals surface area contributed by atoms with E-state index in [1.54, 1.807) is 43.5 Å². The maximum atomic E-state index is 14.5. The van der Waals surface area contributed by atoms with Crippen molar-refractivity contribution < 1.29 is 18.7 Å². The smallest absolute Gasteiger partial charge is 0.260 e. The highest BCUT2D eigenvalue weighted by molar-refractivity contribution is 6.12. The highest BCUT2D eigenvalue weighted by Crippen LogP contribution is 2.24. The summed E-state index contributed by atoms with van der Waals surface area (Å²) in [6.07, 6.45) is 0. The normalized spacial score (nSPS) is 11.0. The van der Waals surface area contributed by atoms with Crippen LogP contribution in [0.25, 0.3) is 0 Å². The molecule has 0 atom stereocenters. The van der Waals surface area contributed by atoms with Crippen LogP contribution < -0.4 is 15.4 Å². The Morgan fingerprint density at radius 2 is 1.48 bits per heavy atom. The third kappa shape index (κ3) is 5.28. The second-order valence-electron chi connectivity index (χ2n) is 8.13. The highest BCUT2D eigenvalue weighted by Gasteiger charge is 2.20. The second kappa shape index (κ2) is 9.00. The number of carbonyl (C=O) groups excluding carboxylic acids is 2. The summed E-state index contributed by atoms with van der Waals surface area (Å²) in [7, 11) is 1.54. The Morgan fingerprint density at radius 3 is 2.06 bits per heavy atom. The van der Waals surface area contributed by atoms with Crippen molar-refractivity contribution in [3.05, 3.63) is 89.2 Å². The lowest BCUT2D eigenvalue weighted by Gasteiger charge is -2.19. The zero-order valence-electron chi connectivity index (χ0n) is 18.0. The maximum Gasteiger partial charge on any atom is 0.260 e. The Labute approximate surface area is 181 Å². The van der Waals surface area contributed by atoms with Crippen molar-refractivity contribution in [1.29, 1.82) is 0 Å². The number of amides is 2. The van der Waals surface area contributed by atoms with Gasteiger partial charge in [-0.3, -0.25) is 9.59 Å². The van der Waals surface area contributed by atoms with Crippen LogP contribution in [0.1, 0.15) is 47.1 Å². The number of benzene rings is 3. The van der Waals surface area contributed by atoms with Crippen LogP contribution in [0.4, 0.5) is 15.8 Å². The summed E-state index contributed by atoms with van der Waals surface area (Å²) < 4.78 is 19.6. The monoisotopic (exact) mass is 420 g/mol. The lowest BCUT2D eigenvalue weighted by atomic mass is 9.86. The minimum absolute atomic E-state index is 0.0374. The molecule has 6 heteroatoms. The lowest BCUT2D eigenvalue weighted by Crippen LogP contribution is -2.20. The molecule has 0 fully saturated rings. The van der Waals surface area contributed by atoms with Gasteiger partial charge in [-0.1, -0.05) is 39.0 Å². The molecule has 2 amide bonds. The molecule has 0 heterocycles. The van der Waals surface area contributed by atoms with Gasteiger partial charge in [0.2, 0.25) is 0 Å². The number of methoxy groups -OCH3 is 1. The molecule has 0 aliphatic rings. The minimum Gasteiger partial charge on any atom is -0.497 e. The summed E-state index contributed by atoms with van der Waals surface area (Å²) in [5.74, 6) is -1.19. The number of anilines is 2. The van der Waals surface area contributed by atoms with Gasteiger partial charge in [-0.2, -0.15) is 0 Å². The van der Waals surface area contributed by atoms with E-state index in [0.29, 0.717) is 17.0 Å². The Bertz CT molecular complexity index is 1090. The van der Waals surface area contributed by atoms with Gasteiger partial charge in [0.1, 0.15) is 11.6 Å². The Balaban J connectivity index is 1.81. The van der Waals surface area contributed by atoms with Crippen LogP contribution in [0.3, 0.4) is 0 Å². The molecule has 3 aromatic carbocycles. The third-order valence-electron chi connectivity index (χ3n) is 4.85. The first kappa shape index (κ1) is 22.0. The molecule has 0 saturated heterocycles. The van der Waals surface area contributed by atoms with Crippen LogP contribution in [-0.2, 0) is 5.41 Å². The molecular formula is C25H25FN2O3. The Hall–Kier alpha value is -3.67. The zero-order valence-corrected chi connectivity index (χ0v) is 18.0. The average Bonchev–Trinajstić information content (AvgIpc) is 2.73. The first-order valence-corrected chi connectivity index (χ1v) is 9.85. The van der Waals surface area contributed by atoms with Crippen molar-refractivity contribution in [3.63, 3.8) is 0 Å². The predicted octanol–water partition coefficient (Wildman–Crippen LogP) is 5.64. The van der Waals surface area contributed by atoms with Crippen LogP contribution >= 0.6 is 0 Å². The van der Waals surface area contributed by atoms with Crippen LogP contribution in [-0.4, -0.2) is 18.9 Å². The van der Waals surface area contributed by atoms with Gasteiger partial charge in [0.25, 0.3) is 11.8 Å². The predicted molar refractivity (Wildman–Crippen MR) is 120 cm³/mol. The van der Waals surface area contributed by atoms with Gasteiger partial charge < -0.3 is 15.4 Å². The van der Waals surface area contributed by atoms with Gasteiger partial charge in [-0.15, -0.1) is 0 Å². The van der Waals surface area contributed by atoms with E-state index >= 15 is 0 Å². The van der Waals surface area contributed by atoms with E-state index in [4.69, 9.17) is 4.74 Å². The topological polar surface area (TPSA) is 67.4 Å². The van der Waals surface area contributed by atoms with E-state index in [1.165, 1.54) is 18.2 Å². The van der Waals surface area contributed by atoms with Gasteiger partial charge in [0, 0.05) is 11.3 Å². The van der Waals surface area contributed by atoms with E-state index in [0.717, 1.165) is 5.56 Å². The summed E-state index contributed by atoms with van der Waals surface area (Å²) in [5.41, 5.74) is 1.80. The molecule has 160 valence electrons. The molecule has 3 rings (SSSR count). The van der Waals surface area contributed by atoms with Crippen molar-refractivity contribution in [2.24, 2.45) is 0 Å². The number of nitrogens with one attached hydrogen (secondary N) is 2. The van der Waals surface area contributed by atoms with E-state index in [1.807, 2.05) is 12.1 Å². The Morgan fingerprint density at radius 1 is 0.839 bits per heavy atom. The van der Waals surface area contributed by atoms with Crippen molar-refractivity contribution in [2.75, 3.05) is 17.7 Å². The van der Waals surface area contributed by atoms with Crippen LogP contribution in [0, 0.1) is 5.82 Å². The fraction of sp³-hybridized carbons (Fsp3) is 0.200. The maximum absolute atomic E-state index is 14.5. The standard InChI is InChI=1S/C25H25FN2O3/c1-25(2,3)17-10-8-16(9-11-17)23(29)28-21-7-5-6-20(26)22(21)24(30)27-18-12-14-19(31-4)15-13-18/h5-15H,1-4H3,(H,27,30)(H,28,29). The second-order valence-corrected chi connectivity index (χ2v) is 8.13. The van der Waals surface area contributed by atoms with E-state index in [9.17, 15) is 14.0 Å². The zero-order chi connectivity index (χ0) is 22.6. The molecule has 0 aliphatic carbocycles. The first-order valence-electron chi connectivity index (χ1n) is 9.85. The van der Waals surface area contributed by atoms with E-state index < -0.39 is 17.6 Å². The molecule has 0 aliphatic heterocycles. The molecule has 0 unspecified atom stereocenters. The van der Waals surface area contributed by atoms with Crippen molar-refractivity contribution in [1.82, 2.24) is 0 Å². The molecular weight excluding hydrogens is 395 g/mol. The lowest BCUT2D eigenvalue weighted by molar-refractivity contribution is 0.102. The van der Waals surface area contributed by atoms with E-state index in [-0.39, 0.29) is 16.7 Å². The summed E-state index contributed by atoms with van der Waals surface area (Å²) in [6, 6.07) is 18.0. The molecule has 0 radical (unpaired) electrons. The Kier molecular flexibility index (Phi) is 6.39. The van der Waals surface area contributed by atoms with Crippen molar-refractivity contribution in [2.45, 2.75) is 26.2 Å². The molecule has 3 aromatic rings. The molecule has 5 nitrogen and oxygen atoms in total. The first-order chi connectivity index (χ1) is 14.7. The minimum atomic E-state index is -0.730. The molecule has 0 spiro atoms. The summed E-state index contributed by atoms with van der Waals surface area (Å²) >= 11 is 0. The highest BCUT2D eigenvalue weighted by atomic mass is 19.1. The summed E-state index contributed by atoms with van der Waals surface area (Å²) in [4.78, 5) is 25.5. The van der Waals surface area contributed by atoms with Crippen LogP contribution in [0.5, 0.6) is 5.75 Å². The number of hydrogen-bond acceptors (Lipinski definition) is 3. The van der Waals surface area contributed by atoms with Gasteiger partial charge >= 0.3 is 0 Å². The van der Waals surface area contributed by atoms with Gasteiger partial charge in [0.05, 0.1) is 18.4 Å². The molecule has 0 aromatic heterocycles. The van der Waals surface area contributed by atoms with Gasteiger partial charge in [0.15, 0.2) is 0 Å². The third-order valence-corrected chi connectivity index (χ3v) is 4.85. The number of hydrogen-bond donors (Lipinski definition) is 2. The molecule has 2 N–H and O–H groups in total. The fourth-order valence-electron chi connectivity index (χ4n) is 3.04. The largest absolute Gasteiger partial charge is 0.497 e. The quantitative estimate of drug-likeness (QED) is 0.562. The average molecular weight is 420 g/mol. The van der Waals surface area contributed by atoms with E-state index in [2.05, 4.69) is 31.4 Å². The number of rotatable bonds is 5. The molecule has 0 saturated carbocycles. The number of halogens is 1. The van der Waals surface area contributed by atoms with Crippen molar-refractivity contribution >= 4 is 23.2 Å². The molecule has 0 bridgehead atoms.